The van der Waals surface area contributed by atoms with E-state index in [9.17, 15) is 19.0 Å². The summed E-state index contributed by atoms with van der Waals surface area (Å²) in [5, 5.41) is -0.0296. The summed E-state index contributed by atoms with van der Waals surface area (Å²) in [5.74, 6) is 3.89. The summed E-state index contributed by atoms with van der Waals surface area (Å²) in [4.78, 5) is 32.2. The van der Waals surface area contributed by atoms with Gasteiger partial charge in [-0.25, -0.2) is 4.57 Å². The fourth-order valence-corrected chi connectivity index (χ4v) is 5.55. The van der Waals surface area contributed by atoms with E-state index in [2.05, 4.69) is 13.2 Å². The highest BCUT2D eigenvalue weighted by Gasteiger charge is 2.20. The molecule has 156 valence electrons. The Morgan fingerprint density at radius 2 is 1.19 bits per heavy atom. The molecular formula is C16H27O6PS4. The van der Waals surface area contributed by atoms with Crippen molar-refractivity contribution in [1.82, 2.24) is 0 Å². The molecular weight excluding hydrogens is 447 g/mol. The second-order valence-electron chi connectivity index (χ2n) is 5.19. The van der Waals surface area contributed by atoms with E-state index in [0.29, 0.717) is 34.2 Å². The third-order valence-electron chi connectivity index (χ3n) is 2.58. The number of carbonyl (C=O) groups is 2. The Bertz CT molecular complexity index is 511. The van der Waals surface area contributed by atoms with Crippen molar-refractivity contribution in [2.75, 3.05) is 47.7 Å². The maximum absolute atomic E-state index is 11.7. The Kier molecular flexibility index (Phi) is 16.4. The third kappa shape index (κ3) is 16.9. The second-order valence-corrected chi connectivity index (χ2v) is 11.2. The summed E-state index contributed by atoms with van der Waals surface area (Å²) in [6, 6.07) is 0. The van der Waals surface area contributed by atoms with E-state index in [1.807, 2.05) is 0 Å². The number of carbonyl (C=O) groups excluding carboxylic acids is 2. The minimum absolute atomic E-state index is 0.0148. The Morgan fingerprint density at radius 3 is 1.52 bits per heavy atom. The standard InChI is InChI=1S/C16H27O6PS4/c1-13(2)15(17)26-11-9-24-7-5-21-23(19,20)22-6-8-25-10-12-27-16(18)14(3)4/h1,3,5-12H2,2,4H3,(H,19,20). The smallest absolute Gasteiger partial charge is 0.302 e. The molecule has 0 aliphatic carbocycles. The zero-order chi connectivity index (χ0) is 20.7. The van der Waals surface area contributed by atoms with Crippen LogP contribution in [0.15, 0.2) is 24.3 Å². The average Bonchev–Trinajstić information content (AvgIpc) is 2.59. The van der Waals surface area contributed by atoms with Crippen LogP contribution in [0.5, 0.6) is 0 Å². The highest BCUT2D eigenvalue weighted by atomic mass is 32.2. The van der Waals surface area contributed by atoms with Crippen molar-refractivity contribution in [3.8, 4) is 0 Å². The molecule has 0 spiro atoms. The zero-order valence-electron chi connectivity index (χ0n) is 15.6. The van der Waals surface area contributed by atoms with Gasteiger partial charge in [0.2, 0.25) is 10.2 Å². The molecule has 0 saturated carbocycles. The van der Waals surface area contributed by atoms with E-state index >= 15 is 0 Å². The molecule has 0 fully saturated rings. The summed E-state index contributed by atoms with van der Waals surface area (Å²) >= 11 is 5.50. The summed E-state index contributed by atoms with van der Waals surface area (Å²) < 4.78 is 21.5. The molecule has 0 aliphatic heterocycles. The highest BCUT2D eigenvalue weighted by Crippen LogP contribution is 2.43. The maximum Gasteiger partial charge on any atom is 0.472 e. The van der Waals surface area contributed by atoms with Crippen LogP contribution in [0.3, 0.4) is 0 Å². The Morgan fingerprint density at radius 1 is 0.815 bits per heavy atom. The topological polar surface area (TPSA) is 89.9 Å². The van der Waals surface area contributed by atoms with Crippen LogP contribution in [0.2, 0.25) is 0 Å². The summed E-state index contributed by atoms with van der Waals surface area (Å²) in [6.07, 6.45) is 0. The van der Waals surface area contributed by atoms with E-state index in [4.69, 9.17) is 9.05 Å². The van der Waals surface area contributed by atoms with E-state index in [0.717, 1.165) is 11.5 Å². The van der Waals surface area contributed by atoms with Crippen molar-refractivity contribution in [1.29, 1.82) is 0 Å². The van der Waals surface area contributed by atoms with Crippen LogP contribution in [0.1, 0.15) is 13.8 Å². The van der Waals surface area contributed by atoms with Crippen LogP contribution in [0.25, 0.3) is 0 Å². The van der Waals surface area contributed by atoms with Gasteiger partial charge in [-0.2, -0.15) is 23.5 Å². The Balaban J connectivity index is 3.57. The molecule has 0 bridgehead atoms. The van der Waals surface area contributed by atoms with Crippen LogP contribution in [-0.4, -0.2) is 62.9 Å². The van der Waals surface area contributed by atoms with Crippen molar-refractivity contribution in [3.05, 3.63) is 24.3 Å². The predicted octanol–water partition coefficient (Wildman–Crippen LogP) is 4.26. The van der Waals surface area contributed by atoms with Crippen molar-refractivity contribution >= 4 is 65.1 Å². The van der Waals surface area contributed by atoms with Gasteiger partial charge in [-0.15, -0.1) is 0 Å². The van der Waals surface area contributed by atoms with Gasteiger partial charge >= 0.3 is 7.82 Å². The van der Waals surface area contributed by atoms with Crippen LogP contribution in [0, 0.1) is 0 Å². The SMILES string of the molecule is C=C(C)C(=O)SCCSCCOP(=O)(O)OCCSCCSC(=O)C(=C)C. The summed E-state index contributed by atoms with van der Waals surface area (Å²) in [5.41, 5.74) is 1.06. The van der Waals surface area contributed by atoms with Crippen molar-refractivity contribution in [2.24, 2.45) is 0 Å². The van der Waals surface area contributed by atoms with E-state index in [1.165, 1.54) is 47.0 Å². The van der Waals surface area contributed by atoms with Gasteiger partial charge in [0, 0.05) is 34.5 Å². The fourth-order valence-electron chi connectivity index (χ4n) is 1.30. The van der Waals surface area contributed by atoms with Crippen molar-refractivity contribution in [3.63, 3.8) is 0 Å². The van der Waals surface area contributed by atoms with Crippen molar-refractivity contribution < 1.29 is 28.1 Å². The third-order valence-corrected chi connectivity index (χ3v) is 8.05. The number of hydrogen-bond donors (Lipinski definition) is 1. The van der Waals surface area contributed by atoms with E-state index < -0.39 is 7.82 Å². The number of phosphoric acid groups is 1. The first kappa shape index (κ1) is 27.3. The minimum Gasteiger partial charge on any atom is -0.302 e. The van der Waals surface area contributed by atoms with Crippen LogP contribution in [-0.2, 0) is 23.2 Å². The molecule has 0 amide bonds. The monoisotopic (exact) mass is 474 g/mol. The van der Waals surface area contributed by atoms with E-state index in [1.54, 1.807) is 13.8 Å². The quantitative estimate of drug-likeness (QED) is 0.199. The highest BCUT2D eigenvalue weighted by molar-refractivity contribution is 8.15. The van der Waals surface area contributed by atoms with Gasteiger partial charge in [0.15, 0.2) is 0 Å². The molecule has 0 unspecified atom stereocenters. The molecule has 27 heavy (non-hydrogen) atoms. The molecule has 1 N–H and O–H groups in total. The second kappa shape index (κ2) is 16.2. The lowest BCUT2D eigenvalue weighted by Crippen LogP contribution is -2.03. The molecule has 0 radical (unpaired) electrons. The first-order valence-electron chi connectivity index (χ1n) is 8.08. The molecule has 0 aromatic heterocycles. The summed E-state index contributed by atoms with van der Waals surface area (Å²) in [6.45, 7) is 10.7. The van der Waals surface area contributed by atoms with Gasteiger partial charge < -0.3 is 4.89 Å². The lowest BCUT2D eigenvalue weighted by molar-refractivity contribution is -0.108. The molecule has 0 heterocycles. The largest absolute Gasteiger partial charge is 0.472 e. The van der Waals surface area contributed by atoms with Crippen molar-refractivity contribution in [2.45, 2.75) is 13.8 Å². The molecule has 0 aliphatic rings. The van der Waals surface area contributed by atoms with E-state index in [-0.39, 0.29) is 23.4 Å². The average molecular weight is 475 g/mol. The number of hydrogen-bond acceptors (Lipinski definition) is 9. The first-order chi connectivity index (χ1) is 12.7. The molecule has 6 nitrogen and oxygen atoms in total. The summed E-state index contributed by atoms with van der Waals surface area (Å²) in [7, 11) is -4.03. The molecule has 11 heteroatoms. The molecule has 0 aromatic rings. The van der Waals surface area contributed by atoms with Gasteiger partial charge in [0.25, 0.3) is 0 Å². The number of thioether (sulfide) groups is 4. The lowest BCUT2D eigenvalue weighted by Gasteiger charge is -2.11. The van der Waals surface area contributed by atoms with Gasteiger partial charge in [-0.05, 0) is 25.0 Å². The lowest BCUT2D eigenvalue weighted by atomic mass is 10.4. The van der Waals surface area contributed by atoms with Gasteiger partial charge in [-0.1, -0.05) is 36.7 Å². The molecule has 0 atom stereocenters. The predicted molar refractivity (Wildman–Crippen MR) is 121 cm³/mol. The first-order valence-corrected chi connectivity index (χ1v) is 13.9. The number of phosphoric ester groups is 1. The Hall–Kier alpha value is 0.330. The zero-order valence-corrected chi connectivity index (χ0v) is 19.8. The Labute approximate surface area is 178 Å². The molecule has 0 aromatic carbocycles. The van der Waals surface area contributed by atoms with Crippen LogP contribution >= 0.6 is 54.9 Å². The van der Waals surface area contributed by atoms with Gasteiger partial charge in [0.1, 0.15) is 0 Å². The minimum atomic E-state index is -4.03. The number of rotatable bonds is 16. The van der Waals surface area contributed by atoms with Crippen LogP contribution < -0.4 is 0 Å². The normalized spacial score (nSPS) is 11.4. The van der Waals surface area contributed by atoms with Gasteiger partial charge in [-0.3, -0.25) is 18.6 Å². The van der Waals surface area contributed by atoms with Gasteiger partial charge in [0.05, 0.1) is 13.2 Å². The maximum atomic E-state index is 11.7. The fraction of sp³-hybridized carbons (Fsp3) is 0.625. The van der Waals surface area contributed by atoms with Crippen LogP contribution in [0.4, 0.5) is 0 Å². The molecule has 0 rings (SSSR count). The molecule has 0 saturated heterocycles.